The van der Waals surface area contributed by atoms with E-state index in [1.54, 1.807) is 18.3 Å². The molecular formula is C22H33NO3SSi. The van der Waals surface area contributed by atoms with Crippen molar-refractivity contribution in [2.24, 2.45) is 0 Å². The lowest BCUT2D eigenvalue weighted by atomic mass is 10.2. The molecule has 0 aliphatic heterocycles. The second kappa shape index (κ2) is 12.0. The maximum atomic E-state index is 13.0. The summed E-state index contributed by atoms with van der Waals surface area (Å²) in [6.45, 7) is 13.0. The molecule has 28 heavy (non-hydrogen) atoms. The van der Waals surface area contributed by atoms with Gasteiger partial charge in [0, 0.05) is 12.8 Å². The van der Waals surface area contributed by atoms with Crippen molar-refractivity contribution in [3.63, 3.8) is 0 Å². The highest BCUT2D eigenvalue weighted by Gasteiger charge is 2.20. The number of hydrogen-bond acceptors (Lipinski definition) is 3. The number of aryl methyl sites for hydroxylation is 1. The number of unbranched alkanes of at least 4 members (excludes halogenated alkanes) is 1. The van der Waals surface area contributed by atoms with E-state index in [1.807, 2.05) is 43.4 Å². The van der Waals surface area contributed by atoms with Crippen LogP contribution in [0.3, 0.4) is 0 Å². The van der Waals surface area contributed by atoms with Gasteiger partial charge in [0.25, 0.3) is 10.0 Å². The molecule has 0 saturated heterocycles. The van der Waals surface area contributed by atoms with Crippen LogP contribution in [-0.4, -0.2) is 35.6 Å². The van der Waals surface area contributed by atoms with Crippen molar-refractivity contribution in [2.45, 2.75) is 56.9 Å². The molecule has 0 fully saturated rings. The molecule has 0 aliphatic carbocycles. The van der Waals surface area contributed by atoms with Gasteiger partial charge in [0.15, 0.2) is 0 Å². The van der Waals surface area contributed by atoms with Gasteiger partial charge in [-0.15, -0.1) is 6.58 Å². The number of allylic oxidation sites excluding steroid dienone is 2. The van der Waals surface area contributed by atoms with E-state index in [-0.39, 0.29) is 5.04 Å². The molecule has 0 heterocycles. The Labute approximate surface area is 174 Å². The topological polar surface area (TPSA) is 46.6 Å². The summed E-state index contributed by atoms with van der Waals surface area (Å²) in [5.41, 5.74) is 1.03. The summed E-state index contributed by atoms with van der Waals surface area (Å²) in [4.78, 5) is 0.301. The highest BCUT2D eigenvalue weighted by molar-refractivity contribution is 7.89. The normalized spacial score (nSPS) is 12.7. The maximum Gasteiger partial charge on any atom is 0.264 e. The zero-order valence-corrected chi connectivity index (χ0v) is 19.3. The van der Waals surface area contributed by atoms with Crippen LogP contribution in [0.15, 0.2) is 66.2 Å². The first-order valence-electron chi connectivity index (χ1n) is 9.57. The summed E-state index contributed by atoms with van der Waals surface area (Å²) in [6, 6.07) is 6.94. The molecule has 0 N–H and O–H groups in total. The largest absolute Gasteiger partial charge is 0.417 e. The zero-order chi connectivity index (χ0) is 21.0. The highest BCUT2D eigenvalue weighted by Crippen LogP contribution is 2.20. The van der Waals surface area contributed by atoms with Gasteiger partial charge < -0.3 is 4.43 Å². The minimum absolute atomic E-state index is 0.179. The zero-order valence-electron chi connectivity index (χ0n) is 17.5. The first kappa shape index (κ1) is 24.4. The van der Waals surface area contributed by atoms with E-state index in [4.69, 9.17) is 4.43 Å². The van der Waals surface area contributed by atoms with Crippen LogP contribution in [0.5, 0.6) is 0 Å². The molecule has 0 aliphatic rings. The maximum absolute atomic E-state index is 13.0. The molecule has 0 unspecified atom stereocenters. The fourth-order valence-corrected chi connectivity index (χ4v) is 4.11. The first-order chi connectivity index (χ1) is 13.2. The quantitative estimate of drug-likeness (QED) is 0.263. The second-order valence-corrected chi connectivity index (χ2v) is 11.5. The SMILES string of the molecule is C=CCC/C=C/N(C/C=C/CCO[Si]C(C)(C)C)S(=O)(=O)c1ccc(C)cc1. The Kier molecular flexibility index (Phi) is 10.5. The third-order valence-corrected chi connectivity index (χ3v) is 6.37. The van der Waals surface area contributed by atoms with E-state index in [1.165, 1.54) is 4.31 Å². The summed E-state index contributed by atoms with van der Waals surface area (Å²) in [7, 11) is -3.12. The van der Waals surface area contributed by atoms with Gasteiger partial charge in [0.05, 0.1) is 11.4 Å². The second-order valence-electron chi connectivity index (χ2n) is 7.60. The lowest BCUT2D eigenvalue weighted by molar-refractivity contribution is 0.328. The average molecular weight is 420 g/mol. The van der Waals surface area contributed by atoms with Crippen molar-refractivity contribution < 1.29 is 12.8 Å². The molecule has 0 saturated carbocycles. The smallest absolute Gasteiger partial charge is 0.264 e. The Hall–Kier alpha value is -1.63. The van der Waals surface area contributed by atoms with Gasteiger partial charge >= 0.3 is 0 Å². The lowest BCUT2D eigenvalue weighted by Crippen LogP contribution is -2.26. The molecule has 154 valence electrons. The molecule has 0 bridgehead atoms. The van der Waals surface area contributed by atoms with Gasteiger partial charge in [-0.3, -0.25) is 4.31 Å². The molecule has 1 aromatic carbocycles. The van der Waals surface area contributed by atoms with Gasteiger partial charge in [0.2, 0.25) is 9.76 Å². The average Bonchev–Trinajstić information content (AvgIpc) is 2.62. The van der Waals surface area contributed by atoms with Gasteiger partial charge in [0.1, 0.15) is 0 Å². The third-order valence-electron chi connectivity index (χ3n) is 3.65. The predicted octanol–water partition coefficient (Wildman–Crippen LogP) is 5.27. The fraction of sp³-hybridized carbons (Fsp3) is 0.455. The van der Waals surface area contributed by atoms with Gasteiger partial charge in [-0.2, -0.15) is 0 Å². The fourth-order valence-electron chi connectivity index (χ4n) is 2.18. The van der Waals surface area contributed by atoms with Crippen molar-refractivity contribution >= 4 is 19.8 Å². The molecule has 4 nitrogen and oxygen atoms in total. The van der Waals surface area contributed by atoms with E-state index < -0.39 is 10.0 Å². The third kappa shape index (κ3) is 9.53. The van der Waals surface area contributed by atoms with Crippen LogP contribution in [0.1, 0.15) is 45.6 Å². The van der Waals surface area contributed by atoms with Gasteiger partial charge in [-0.1, -0.05) is 62.8 Å². The summed E-state index contributed by atoms with van der Waals surface area (Å²) < 4.78 is 33.0. The predicted molar refractivity (Wildman–Crippen MR) is 119 cm³/mol. The molecule has 0 aromatic heterocycles. The summed E-state index contributed by atoms with van der Waals surface area (Å²) in [5.74, 6) is 0. The van der Waals surface area contributed by atoms with E-state index in [9.17, 15) is 8.42 Å². The Morgan fingerprint density at radius 2 is 1.75 bits per heavy atom. The summed E-state index contributed by atoms with van der Waals surface area (Å²) >= 11 is 0. The van der Waals surface area contributed by atoms with Crippen molar-refractivity contribution in [3.05, 3.63) is 66.9 Å². The molecule has 6 heteroatoms. The Balaban J connectivity index is 2.74. The van der Waals surface area contributed by atoms with Crippen LogP contribution in [0.25, 0.3) is 0 Å². The molecule has 0 atom stereocenters. The minimum Gasteiger partial charge on any atom is -0.417 e. The van der Waals surface area contributed by atoms with Crippen LogP contribution in [0.4, 0.5) is 0 Å². The van der Waals surface area contributed by atoms with Crippen molar-refractivity contribution in [1.29, 1.82) is 0 Å². The van der Waals surface area contributed by atoms with Crippen molar-refractivity contribution in [2.75, 3.05) is 13.2 Å². The summed E-state index contributed by atoms with van der Waals surface area (Å²) in [6.07, 6.45) is 11.5. The van der Waals surface area contributed by atoms with E-state index >= 15 is 0 Å². The first-order valence-corrected chi connectivity index (χ1v) is 11.9. The Morgan fingerprint density at radius 1 is 1.07 bits per heavy atom. The van der Waals surface area contributed by atoms with Crippen LogP contribution < -0.4 is 0 Å². The van der Waals surface area contributed by atoms with Crippen LogP contribution in [-0.2, 0) is 14.4 Å². The standard InChI is InChI=1S/C22H33NO3SSi/c1-6-7-8-10-17-23(18-11-9-12-19-26-28-22(3,4)5)27(24,25)21-15-13-20(2)14-16-21/h6,9-11,13-17H,1,7-8,12,18-19H2,2-5H3/b11-9+,17-10+. The van der Waals surface area contributed by atoms with Crippen LogP contribution in [0, 0.1) is 6.92 Å². The van der Waals surface area contributed by atoms with E-state index in [0.717, 1.165) is 24.8 Å². The number of nitrogens with zero attached hydrogens (tertiary/aromatic N) is 1. The molecular weight excluding hydrogens is 386 g/mol. The van der Waals surface area contributed by atoms with Crippen LogP contribution in [0.2, 0.25) is 5.04 Å². The number of sulfonamides is 1. The highest BCUT2D eigenvalue weighted by atomic mass is 32.2. The molecule has 1 aromatic rings. The lowest BCUT2D eigenvalue weighted by Gasteiger charge is -2.19. The number of hydrogen-bond donors (Lipinski definition) is 0. The van der Waals surface area contributed by atoms with Crippen LogP contribution >= 0.6 is 0 Å². The summed E-state index contributed by atoms with van der Waals surface area (Å²) in [5, 5.41) is 0.179. The van der Waals surface area contributed by atoms with E-state index in [2.05, 4.69) is 27.4 Å². The monoisotopic (exact) mass is 419 g/mol. The minimum atomic E-state index is -3.58. The molecule has 2 radical (unpaired) electrons. The Morgan fingerprint density at radius 3 is 2.36 bits per heavy atom. The van der Waals surface area contributed by atoms with Gasteiger partial charge in [-0.25, -0.2) is 8.42 Å². The molecule has 1 rings (SSSR count). The molecule has 0 amide bonds. The number of rotatable bonds is 12. The Bertz CT molecular complexity index is 747. The molecule has 0 spiro atoms. The van der Waals surface area contributed by atoms with Crippen molar-refractivity contribution in [1.82, 2.24) is 4.31 Å². The van der Waals surface area contributed by atoms with E-state index in [0.29, 0.717) is 27.8 Å². The number of benzene rings is 1. The van der Waals surface area contributed by atoms with Gasteiger partial charge in [-0.05, 0) is 43.4 Å². The van der Waals surface area contributed by atoms with Crippen molar-refractivity contribution in [3.8, 4) is 0 Å².